The monoisotopic (exact) mass is 464 g/mol. The van der Waals surface area contributed by atoms with Crippen molar-refractivity contribution in [3.05, 3.63) is 114 Å². The third kappa shape index (κ3) is 3.01. The number of nitriles is 1. The van der Waals surface area contributed by atoms with Gasteiger partial charge in [0.2, 0.25) is 0 Å². The summed E-state index contributed by atoms with van der Waals surface area (Å²) in [5.41, 5.74) is 7.75. The molecule has 2 aromatic heterocycles. The molecule has 0 aliphatic carbocycles. The van der Waals surface area contributed by atoms with E-state index in [-0.39, 0.29) is 0 Å². The van der Waals surface area contributed by atoms with Crippen LogP contribution in [-0.2, 0) is 0 Å². The molecule has 35 heavy (non-hydrogen) atoms. The number of aromatic nitrogens is 1. The summed E-state index contributed by atoms with van der Waals surface area (Å²) in [6.45, 7) is 2.15. The van der Waals surface area contributed by atoms with E-state index in [1.165, 1.54) is 36.9 Å². The van der Waals surface area contributed by atoms with E-state index in [2.05, 4.69) is 109 Å². The second kappa shape index (κ2) is 7.56. The van der Waals surface area contributed by atoms with Gasteiger partial charge in [-0.1, -0.05) is 48.5 Å². The van der Waals surface area contributed by atoms with Crippen LogP contribution in [0.5, 0.6) is 0 Å². The number of nitrogens with zero attached hydrogens (tertiary/aromatic N) is 2. The number of thiophene rings is 1. The Labute approximate surface area is 206 Å². The van der Waals surface area contributed by atoms with Gasteiger partial charge in [0, 0.05) is 36.6 Å². The van der Waals surface area contributed by atoms with Crippen LogP contribution in [0, 0.1) is 18.3 Å². The van der Waals surface area contributed by atoms with Gasteiger partial charge in [-0.2, -0.15) is 5.26 Å². The first-order valence-corrected chi connectivity index (χ1v) is 12.5. The second-order valence-electron chi connectivity index (χ2n) is 9.00. The van der Waals surface area contributed by atoms with Gasteiger partial charge in [0.25, 0.3) is 0 Å². The fourth-order valence-corrected chi connectivity index (χ4v) is 6.37. The van der Waals surface area contributed by atoms with Crippen LogP contribution < -0.4 is 0 Å². The quantitative estimate of drug-likeness (QED) is 0.251. The average Bonchev–Trinajstić information content (AvgIpc) is 3.43. The highest BCUT2D eigenvalue weighted by molar-refractivity contribution is 7.25. The molecular weight excluding hydrogens is 444 g/mol. The van der Waals surface area contributed by atoms with Gasteiger partial charge in [0.05, 0.1) is 22.7 Å². The Morgan fingerprint density at radius 1 is 0.657 bits per heavy atom. The molecule has 0 N–H and O–H groups in total. The number of aryl methyl sites for hydroxylation is 1. The number of fused-ring (bicyclic) bond motifs is 6. The van der Waals surface area contributed by atoms with Crippen molar-refractivity contribution in [2.75, 3.05) is 0 Å². The van der Waals surface area contributed by atoms with Crippen molar-refractivity contribution in [3.63, 3.8) is 0 Å². The zero-order valence-electron chi connectivity index (χ0n) is 19.1. The lowest BCUT2D eigenvalue weighted by atomic mass is 9.98. The minimum absolute atomic E-state index is 0.678. The fraction of sp³-hybridized carbons (Fsp3) is 0.0312. The first kappa shape index (κ1) is 20.0. The highest BCUT2D eigenvalue weighted by Gasteiger charge is 2.16. The molecule has 164 valence electrons. The van der Waals surface area contributed by atoms with Crippen LogP contribution in [0.25, 0.3) is 58.8 Å². The van der Waals surface area contributed by atoms with Crippen LogP contribution in [0.3, 0.4) is 0 Å². The molecule has 0 amide bonds. The summed E-state index contributed by atoms with van der Waals surface area (Å²) in [7, 11) is 0. The van der Waals surface area contributed by atoms with Gasteiger partial charge in [0.1, 0.15) is 0 Å². The highest BCUT2D eigenvalue weighted by atomic mass is 32.1. The number of hydrogen-bond donors (Lipinski definition) is 0. The van der Waals surface area contributed by atoms with E-state index in [4.69, 9.17) is 0 Å². The molecule has 0 unspecified atom stereocenters. The molecule has 7 aromatic rings. The van der Waals surface area contributed by atoms with Gasteiger partial charge >= 0.3 is 0 Å². The molecule has 0 fully saturated rings. The Kier molecular flexibility index (Phi) is 4.33. The van der Waals surface area contributed by atoms with E-state index in [0.29, 0.717) is 5.56 Å². The maximum Gasteiger partial charge on any atom is 0.0991 e. The van der Waals surface area contributed by atoms with Gasteiger partial charge in [0.15, 0.2) is 0 Å². The summed E-state index contributed by atoms with van der Waals surface area (Å²) in [5.74, 6) is 0. The van der Waals surface area contributed by atoms with E-state index in [1.807, 2.05) is 23.5 Å². The lowest BCUT2D eigenvalue weighted by Gasteiger charge is -2.10. The minimum Gasteiger partial charge on any atom is -0.309 e. The molecule has 0 bridgehead atoms. The predicted molar refractivity (Wildman–Crippen MR) is 149 cm³/mol. The lowest BCUT2D eigenvalue weighted by Crippen LogP contribution is -1.93. The smallest absolute Gasteiger partial charge is 0.0991 e. The zero-order valence-corrected chi connectivity index (χ0v) is 19.9. The van der Waals surface area contributed by atoms with Gasteiger partial charge in [-0.25, -0.2) is 0 Å². The summed E-state index contributed by atoms with van der Waals surface area (Å²) >= 11 is 1.84. The van der Waals surface area contributed by atoms with Crippen molar-refractivity contribution >= 4 is 53.3 Å². The second-order valence-corrected chi connectivity index (χ2v) is 10.1. The van der Waals surface area contributed by atoms with Crippen molar-refractivity contribution in [2.45, 2.75) is 6.92 Å². The van der Waals surface area contributed by atoms with Crippen LogP contribution in [0.1, 0.15) is 11.1 Å². The number of benzene rings is 5. The molecule has 2 nitrogen and oxygen atoms in total. The van der Waals surface area contributed by atoms with Crippen LogP contribution in [-0.4, -0.2) is 4.57 Å². The van der Waals surface area contributed by atoms with Gasteiger partial charge < -0.3 is 4.57 Å². The molecule has 0 saturated carbocycles. The normalized spacial score (nSPS) is 11.5. The summed E-state index contributed by atoms with van der Waals surface area (Å²) < 4.78 is 4.94. The van der Waals surface area contributed by atoms with E-state index in [9.17, 15) is 5.26 Å². The Bertz CT molecular complexity index is 1980. The summed E-state index contributed by atoms with van der Waals surface area (Å²) in [5, 5.41) is 14.4. The van der Waals surface area contributed by atoms with Crippen LogP contribution in [0.4, 0.5) is 0 Å². The SMILES string of the molecule is Cc1ccccc1-c1ccc2c(c1)c1cc(C#N)ccc1n2-c1ccc2sc3ccccc3c2c1. The average molecular weight is 465 g/mol. The van der Waals surface area contributed by atoms with Crippen molar-refractivity contribution < 1.29 is 0 Å². The summed E-state index contributed by atoms with van der Waals surface area (Å²) in [6.07, 6.45) is 0. The molecule has 7 rings (SSSR count). The number of hydrogen-bond acceptors (Lipinski definition) is 2. The van der Waals surface area contributed by atoms with Gasteiger partial charge in [-0.15, -0.1) is 11.3 Å². The molecule has 0 aliphatic heterocycles. The van der Waals surface area contributed by atoms with Crippen LogP contribution >= 0.6 is 11.3 Å². The predicted octanol–water partition coefficient (Wildman–Crippen LogP) is 9.00. The molecule has 0 radical (unpaired) electrons. The van der Waals surface area contributed by atoms with E-state index >= 15 is 0 Å². The summed E-state index contributed by atoms with van der Waals surface area (Å²) in [4.78, 5) is 0. The summed E-state index contributed by atoms with van der Waals surface area (Å²) in [6, 6.07) is 38.9. The van der Waals surface area contributed by atoms with Gasteiger partial charge in [-0.05, 0) is 78.2 Å². The Balaban J connectivity index is 1.55. The Hall–Kier alpha value is -4.39. The molecular formula is C32H20N2S. The molecule has 0 spiro atoms. The molecule has 3 heteroatoms. The topological polar surface area (TPSA) is 28.7 Å². The maximum absolute atomic E-state index is 9.60. The first-order valence-electron chi connectivity index (χ1n) is 11.7. The molecule has 0 atom stereocenters. The van der Waals surface area contributed by atoms with E-state index < -0.39 is 0 Å². The third-order valence-corrected chi connectivity index (χ3v) is 8.12. The standard InChI is InChI=1S/C32H20N2S/c1-20-6-2-3-7-24(20)22-11-14-30-27(17-22)26-16-21(19-33)10-13-29(26)34(30)23-12-15-32-28(18-23)25-8-4-5-9-31(25)35-32/h2-18H,1H3. The number of rotatable bonds is 2. The Morgan fingerprint density at radius 3 is 2.26 bits per heavy atom. The first-order chi connectivity index (χ1) is 17.2. The lowest BCUT2D eigenvalue weighted by molar-refractivity contribution is 1.19. The van der Waals surface area contributed by atoms with Crippen LogP contribution in [0.15, 0.2) is 103 Å². The van der Waals surface area contributed by atoms with Crippen molar-refractivity contribution in [1.29, 1.82) is 5.26 Å². The van der Waals surface area contributed by atoms with Crippen molar-refractivity contribution in [3.8, 4) is 22.9 Å². The maximum atomic E-state index is 9.60. The highest BCUT2D eigenvalue weighted by Crippen LogP contribution is 2.39. The molecule has 2 heterocycles. The molecule has 0 aliphatic rings. The largest absolute Gasteiger partial charge is 0.309 e. The van der Waals surface area contributed by atoms with Crippen molar-refractivity contribution in [1.82, 2.24) is 4.57 Å². The van der Waals surface area contributed by atoms with Crippen LogP contribution in [0.2, 0.25) is 0 Å². The molecule has 5 aromatic carbocycles. The van der Waals surface area contributed by atoms with Gasteiger partial charge in [-0.3, -0.25) is 0 Å². The van der Waals surface area contributed by atoms with E-state index in [0.717, 1.165) is 27.5 Å². The molecule has 0 saturated heterocycles. The fourth-order valence-electron chi connectivity index (χ4n) is 5.29. The third-order valence-electron chi connectivity index (χ3n) is 6.97. The van der Waals surface area contributed by atoms with Crippen molar-refractivity contribution in [2.24, 2.45) is 0 Å². The zero-order chi connectivity index (χ0) is 23.5. The Morgan fingerprint density at radius 2 is 1.40 bits per heavy atom. The minimum atomic E-state index is 0.678. The van der Waals surface area contributed by atoms with E-state index in [1.54, 1.807) is 0 Å².